The Morgan fingerprint density at radius 1 is 1.17 bits per heavy atom. The number of hydrogen-bond acceptors (Lipinski definition) is 2. The van der Waals surface area contributed by atoms with Gasteiger partial charge in [0.15, 0.2) is 0 Å². The van der Waals surface area contributed by atoms with Crippen LogP contribution in [0, 0.1) is 11.6 Å². The molecule has 2 rings (SSSR count). The molecule has 0 radical (unpaired) electrons. The number of aromatic nitrogens is 1. The van der Waals surface area contributed by atoms with Crippen molar-refractivity contribution in [3.63, 3.8) is 0 Å². The number of rotatable bonds is 3. The van der Waals surface area contributed by atoms with Crippen LogP contribution in [0.2, 0.25) is 0 Å². The van der Waals surface area contributed by atoms with E-state index in [1.54, 1.807) is 25.4 Å². The first-order valence-corrected chi connectivity index (χ1v) is 6.16. The Bertz CT molecular complexity index is 540. The third-order valence-corrected chi connectivity index (χ3v) is 3.31. The molecule has 0 aliphatic carbocycles. The molecule has 1 aromatic heterocycles. The summed E-state index contributed by atoms with van der Waals surface area (Å²) in [6, 6.07) is 6.71. The first-order chi connectivity index (χ1) is 8.65. The Kier molecular flexibility index (Phi) is 4.04. The number of nitrogens with one attached hydrogen (secondary N) is 1. The molecule has 2 aromatic rings. The average molecular weight is 313 g/mol. The largest absolute Gasteiger partial charge is 0.308 e. The predicted octanol–water partition coefficient (Wildman–Crippen LogP) is 3.43. The number of hydrogen-bond donors (Lipinski definition) is 1. The van der Waals surface area contributed by atoms with E-state index in [9.17, 15) is 8.78 Å². The summed E-state index contributed by atoms with van der Waals surface area (Å²) >= 11 is 3.34. The van der Waals surface area contributed by atoms with E-state index >= 15 is 0 Å². The highest BCUT2D eigenvalue weighted by molar-refractivity contribution is 9.10. The SMILES string of the molecule is CNC(c1ncccc1Br)c1c(F)cccc1F. The highest BCUT2D eigenvalue weighted by Gasteiger charge is 2.23. The van der Waals surface area contributed by atoms with Crippen LogP contribution in [-0.4, -0.2) is 12.0 Å². The van der Waals surface area contributed by atoms with Gasteiger partial charge in [0, 0.05) is 16.2 Å². The zero-order valence-corrected chi connectivity index (χ0v) is 11.2. The first-order valence-electron chi connectivity index (χ1n) is 5.36. The third-order valence-electron chi connectivity index (χ3n) is 2.64. The van der Waals surface area contributed by atoms with Crippen molar-refractivity contribution in [2.24, 2.45) is 0 Å². The lowest BCUT2D eigenvalue weighted by molar-refractivity contribution is 0.517. The maximum absolute atomic E-state index is 13.8. The van der Waals surface area contributed by atoms with Crippen LogP contribution in [-0.2, 0) is 0 Å². The van der Waals surface area contributed by atoms with Gasteiger partial charge in [-0.25, -0.2) is 8.78 Å². The summed E-state index contributed by atoms with van der Waals surface area (Å²) in [4.78, 5) is 4.17. The molecule has 1 heterocycles. The molecule has 0 amide bonds. The fraction of sp³-hybridized carbons (Fsp3) is 0.154. The standard InChI is InChI=1S/C13H11BrF2N2/c1-17-13(12-8(14)4-3-7-18-12)11-9(15)5-2-6-10(11)16/h2-7,13,17H,1H3. The highest BCUT2D eigenvalue weighted by atomic mass is 79.9. The summed E-state index contributed by atoms with van der Waals surface area (Å²) in [5.41, 5.74) is 0.517. The van der Waals surface area contributed by atoms with Crippen LogP contribution >= 0.6 is 15.9 Å². The van der Waals surface area contributed by atoms with Crippen molar-refractivity contribution >= 4 is 15.9 Å². The van der Waals surface area contributed by atoms with Crippen molar-refractivity contribution in [3.8, 4) is 0 Å². The summed E-state index contributed by atoms with van der Waals surface area (Å²) in [7, 11) is 1.64. The number of pyridine rings is 1. The molecule has 1 aromatic carbocycles. The molecule has 0 saturated heterocycles. The molecule has 0 fully saturated rings. The lowest BCUT2D eigenvalue weighted by Crippen LogP contribution is -2.22. The predicted molar refractivity (Wildman–Crippen MR) is 69.2 cm³/mol. The van der Waals surface area contributed by atoms with Gasteiger partial charge >= 0.3 is 0 Å². The minimum Gasteiger partial charge on any atom is -0.308 e. The van der Waals surface area contributed by atoms with E-state index in [-0.39, 0.29) is 5.56 Å². The Morgan fingerprint density at radius 3 is 2.39 bits per heavy atom. The molecule has 18 heavy (non-hydrogen) atoms. The van der Waals surface area contributed by atoms with E-state index < -0.39 is 17.7 Å². The minimum atomic E-state index is -0.637. The van der Waals surface area contributed by atoms with E-state index in [2.05, 4.69) is 26.2 Å². The second-order valence-electron chi connectivity index (χ2n) is 3.73. The lowest BCUT2D eigenvalue weighted by Gasteiger charge is -2.18. The maximum Gasteiger partial charge on any atom is 0.131 e. The molecule has 0 spiro atoms. The van der Waals surface area contributed by atoms with Gasteiger partial charge in [-0.1, -0.05) is 6.07 Å². The topological polar surface area (TPSA) is 24.9 Å². The van der Waals surface area contributed by atoms with Crippen molar-refractivity contribution in [2.45, 2.75) is 6.04 Å². The van der Waals surface area contributed by atoms with Crippen LogP contribution in [0.5, 0.6) is 0 Å². The Balaban J connectivity index is 2.56. The molecule has 1 N–H and O–H groups in total. The normalized spacial score (nSPS) is 12.4. The van der Waals surface area contributed by atoms with E-state index in [1.807, 2.05) is 0 Å². The van der Waals surface area contributed by atoms with Gasteiger partial charge in [-0.05, 0) is 47.2 Å². The van der Waals surface area contributed by atoms with Gasteiger partial charge in [-0.15, -0.1) is 0 Å². The van der Waals surface area contributed by atoms with Gasteiger partial charge in [0.25, 0.3) is 0 Å². The van der Waals surface area contributed by atoms with E-state index in [0.717, 1.165) is 0 Å². The van der Waals surface area contributed by atoms with Crippen molar-refractivity contribution in [2.75, 3.05) is 7.05 Å². The summed E-state index contributed by atoms with van der Waals surface area (Å²) < 4.78 is 28.3. The summed E-state index contributed by atoms with van der Waals surface area (Å²) in [5.74, 6) is -1.18. The van der Waals surface area contributed by atoms with Gasteiger partial charge in [-0.2, -0.15) is 0 Å². The molecule has 5 heteroatoms. The van der Waals surface area contributed by atoms with Gasteiger partial charge in [0.05, 0.1) is 11.7 Å². The Morgan fingerprint density at radius 2 is 1.83 bits per heavy atom. The molecule has 2 nitrogen and oxygen atoms in total. The third kappa shape index (κ3) is 2.42. The van der Waals surface area contributed by atoms with Crippen molar-refractivity contribution in [1.29, 1.82) is 0 Å². The zero-order chi connectivity index (χ0) is 13.1. The fourth-order valence-corrected chi connectivity index (χ4v) is 2.30. The van der Waals surface area contributed by atoms with Crippen molar-refractivity contribution < 1.29 is 8.78 Å². The lowest BCUT2D eigenvalue weighted by atomic mass is 10.0. The van der Waals surface area contributed by atoms with Gasteiger partial charge in [0.1, 0.15) is 11.6 Å². The van der Waals surface area contributed by atoms with E-state index in [0.29, 0.717) is 10.2 Å². The zero-order valence-electron chi connectivity index (χ0n) is 9.62. The van der Waals surface area contributed by atoms with Crippen LogP contribution in [0.4, 0.5) is 8.78 Å². The van der Waals surface area contributed by atoms with Gasteiger partial charge in [-0.3, -0.25) is 4.98 Å². The van der Waals surface area contributed by atoms with E-state index in [4.69, 9.17) is 0 Å². The van der Waals surface area contributed by atoms with Crippen LogP contribution < -0.4 is 5.32 Å². The molecular formula is C13H11BrF2N2. The molecular weight excluding hydrogens is 302 g/mol. The average Bonchev–Trinajstić information content (AvgIpc) is 2.35. The summed E-state index contributed by atoms with van der Waals surface area (Å²) in [5, 5.41) is 2.88. The molecule has 1 atom stereocenters. The van der Waals surface area contributed by atoms with Crippen molar-refractivity contribution in [1.82, 2.24) is 10.3 Å². The highest BCUT2D eigenvalue weighted by Crippen LogP contribution is 2.29. The van der Waals surface area contributed by atoms with Crippen LogP contribution in [0.3, 0.4) is 0 Å². The quantitative estimate of drug-likeness (QED) is 0.939. The second kappa shape index (κ2) is 5.54. The van der Waals surface area contributed by atoms with Crippen LogP contribution in [0.25, 0.3) is 0 Å². The molecule has 0 bridgehead atoms. The van der Waals surface area contributed by atoms with Gasteiger partial charge < -0.3 is 5.32 Å². The molecule has 0 saturated carbocycles. The van der Waals surface area contributed by atoms with Crippen LogP contribution in [0.15, 0.2) is 41.0 Å². The van der Waals surface area contributed by atoms with Crippen molar-refractivity contribution in [3.05, 3.63) is 63.9 Å². The molecule has 0 aliphatic heterocycles. The maximum atomic E-state index is 13.8. The Labute approximate surface area is 112 Å². The number of halogens is 3. The fourth-order valence-electron chi connectivity index (χ4n) is 1.81. The van der Waals surface area contributed by atoms with Crippen LogP contribution in [0.1, 0.15) is 17.3 Å². The smallest absolute Gasteiger partial charge is 0.131 e. The summed E-state index contributed by atoms with van der Waals surface area (Å²) in [6.45, 7) is 0. The van der Waals surface area contributed by atoms with Gasteiger partial charge in [0.2, 0.25) is 0 Å². The number of nitrogens with zero attached hydrogens (tertiary/aromatic N) is 1. The summed E-state index contributed by atoms with van der Waals surface area (Å²) in [6.07, 6.45) is 1.59. The molecule has 1 unspecified atom stereocenters. The first kappa shape index (κ1) is 13.1. The minimum absolute atomic E-state index is 0.0283. The Hall–Kier alpha value is -1.33. The number of benzene rings is 1. The molecule has 0 aliphatic rings. The van der Waals surface area contributed by atoms with E-state index in [1.165, 1.54) is 18.2 Å². The second-order valence-corrected chi connectivity index (χ2v) is 4.58. The monoisotopic (exact) mass is 312 g/mol. The molecule has 94 valence electrons.